The van der Waals surface area contributed by atoms with Gasteiger partial charge in [0, 0.05) is 17.0 Å². The Morgan fingerprint density at radius 1 is 1.37 bits per heavy atom. The van der Waals surface area contributed by atoms with Gasteiger partial charge in [-0.05, 0) is 42.9 Å². The van der Waals surface area contributed by atoms with Gasteiger partial charge in [-0.2, -0.15) is 0 Å². The standard InChI is InChI=1S/C13H17NO3S2/c1-18-12-4-2-11(3-5-12)14-13(15)8-10-6-7-19(16,17)9-10/h2-5,10H,6-9H2,1H3,(H,14,15)/t10-/m0/s1. The van der Waals surface area contributed by atoms with Crippen LogP contribution >= 0.6 is 11.8 Å². The van der Waals surface area contributed by atoms with E-state index in [0.29, 0.717) is 6.42 Å². The summed E-state index contributed by atoms with van der Waals surface area (Å²) in [7, 11) is -2.91. The first-order chi connectivity index (χ1) is 8.98. The highest BCUT2D eigenvalue weighted by Gasteiger charge is 2.29. The number of amides is 1. The molecule has 1 N–H and O–H groups in total. The topological polar surface area (TPSA) is 63.2 Å². The second-order valence-electron chi connectivity index (χ2n) is 4.75. The van der Waals surface area contributed by atoms with Crippen LogP contribution in [0, 0.1) is 5.92 Å². The molecular formula is C13H17NO3S2. The number of carbonyl (C=O) groups is 1. The van der Waals surface area contributed by atoms with E-state index in [1.54, 1.807) is 11.8 Å². The van der Waals surface area contributed by atoms with Gasteiger partial charge in [0.1, 0.15) is 0 Å². The van der Waals surface area contributed by atoms with Gasteiger partial charge >= 0.3 is 0 Å². The maximum atomic E-state index is 11.8. The van der Waals surface area contributed by atoms with Crippen molar-refractivity contribution in [2.45, 2.75) is 17.7 Å². The fourth-order valence-electron chi connectivity index (χ4n) is 2.18. The molecule has 1 saturated heterocycles. The molecule has 2 rings (SSSR count). The van der Waals surface area contributed by atoms with Gasteiger partial charge in [0.2, 0.25) is 5.91 Å². The number of sulfone groups is 1. The van der Waals surface area contributed by atoms with Crippen molar-refractivity contribution < 1.29 is 13.2 Å². The molecule has 1 amide bonds. The van der Waals surface area contributed by atoms with Crippen molar-refractivity contribution in [3.05, 3.63) is 24.3 Å². The molecule has 1 heterocycles. The molecule has 0 aliphatic carbocycles. The van der Waals surface area contributed by atoms with Crippen molar-refractivity contribution >= 4 is 33.2 Å². The zero-order valence-electron chi connectivity index (χ0n) is 10.8. The number of anilines is 1. The molecule has 1 aromatic carbocycles. The minimum Gasteiger partial charge on any atom is -0.326 e. The average Bonchev–Trinajstić information content (AvgIpc) is 2.69. The zero-order chi connectivity index (χ0) is 13.9. The summed E-state index contributed by atoms with van der Waals surface area (Å²) in [6.07, 6.45) is 2.87. The van der Waals surface area contributed by atoms with E-state index in [-0.39, 0.29) is 29.8 Å². The van der Waals surface area contributed by atoms with Crippen LogP contribution in [0.2, 0.25) is 0 Å². The van der Waals surface area contributed by atoms with E-state index >= 15 is 0 Å². The molecule has 104 valence electrons. The number of nitrogens with one attached hydrogen (secondary N) is 1. The van der Waals surface area contributed by atoms with Crippen LogP contribution in [0.15, 0.2) is 29.2 Å². The molecule has 1 aromatic rings. The van der Waals surface area contributed by atoms with Gasteiger partial charge in [-0.1, -0.05) is 0 Å². The van der Waals surface area contributed by atoms with E-state index in [4.69, 9.17) is 0 Å². The highest BCUT2D eigenvalue weighted by atomic mass is 32.2. The second kappa shape index (κ2) is 5.96. The Hall–Kier alpha value is -1.01. The normalized spacial score (nSPS) is 21.2. The summed E-state index contributed by atoms with van der Waals surface area (Å²) in [6, 6.07) is 7.60. The van der Waals surface area contributed by atoms with Crippen molar-refractivity contribution in [1.29, 1.82) is 0 Å². The van der Waals surface area contributed by atoms with Crippen LogP contribution in [0.3, 0.4) is 0 Å². The van der Waals surface area contributed by atoms with Crippen molar-refractivity contribution in [2.24, 2.45) is 5.92 Å². The molecule has 1 atom stereocenters. The van der Waals surface area contributed by atoms with Gasteiger partial charge in [0.25, 0.3) is 0 Å². The Balaban J connectivity index is 1.87. The Morgan fingerprint density at radius 2 is 2.05 bits per heavy atom. The lowest BCUT2D eigenvalue weighted by Gasteiger charge is -2.09. The van der Waals surface area contributed by atoms with E-state index in [1.807, 2.05) is 30.5 Å². The van der Waals surface area contributed by atoms with Gasteiger partial charge in [0.15, 0.2) is 9.84 Å². The Bertz CT molecular complexity index is 552. The Labute approximate surface area is 117 Å². The largest absolute Gasteiger partial charge is 0.326 e. The van der Waals surface area contributed by atoms with Gasteiger partial charge in [0.05, 0.1) is 11.5 Å². The fourth-order valence-corrected chi connectivity index (χ4v) is 4.45. The van der Waals surface area contributed by atoms with Gasteiger partial charge < -0.3 is 5.32 Å². The Kier molecular flexibility index (Phi) is 4.52. The molecule has 1 fully saturated rings. The van der Waals surface area contributed by atoms with E-state index in [0.717, 1.165) is 10.6 Å². The van der Waals surface area contributed by atoms with Gasteiger partial charge in [-0.15, -0.1) is 11.8 Å². The van der Waals surface area contributed by atoms with Crippen molar-refractivity contribution in [3.63, 3.8) is 0 Å². The van der Waals surface area contributed by atoms with Crippen LogP contribution in [0.25, 0.3) is 0 Å². The lowest BCUT2D eigenvalue weighted by Crippen LogP contribution is -2.17. The summed E-state index contributed by atoms with van der Waals surface area (Å²) in [5, 5.41) is 2.80. The molecule has 4 nitrogen and oxygen atoms in total. The quantitative estimate of drug-likeness (QED) is 0.866. The molecule has 6 heteroatoms. The van der Waals surface area contributed by atoms with Crippen LogP contribution in [0.4, 0.5) is 5.69 Å². The second-order valence-corrected chi connectivity index (χ2v) is 7.86. The number of rotatable bonds is 4. The van der Waals surface area contributed by atoms with Crippen LogP contribution in [0.1, 0.15) is 12.8 Å². The molecule has 0 radical (unpaired) electrons. The average molecular weight is 299 g/mol. The third-order valence-corrected chi connectivity index (χ3v) is 5.76. The molecule has 0 spiro atoms. The Morgan fingerprint density at radius 3 is 2.58 bits per heavy atom. The van der Waals surface area contributed by atoms with Gasteiger partial charge in [-0.3, -0.25) is 4.79 Å². The van der Waals surface area contributed by atoms with Crippen LogP contribution < -0.4 is 5.32 Å². The van der Waals surface area contributed by atoms with E-state index in [2.05, 4.69) is 5.32 Å². The van der Waals surface area contributed by atoms with E-state index in [9.17, 15) is 13.2 Å². The van der Waals surface area contributed by atoms with Gasteiger partial charge in [-0.25, -0.2) is 8.42 Å². The molecule has 1 aliphatic heterocycles. The molecule has 0 unspecified atom stereocenters. The fraction of sp³-hybridized carbons (Fsp3) is 0.462. The number of benzene rings is 1. The highest BCUT2D eigenvalue weighted by molar-refractivity contribution is 7.98. The minimum absolute atomic E-state index is 0.0320. The maximum Gasteiger partial charge on any atom is 0.224 e. The predicted molar refractivity (Wildman–Crippen MR) is 78.2 cm³/mol. The first-order valence-electron chi connectivity index (χ1n) is 6.13. The molecule has 0 aromatic heterocycles. The lowest BCUT2D eigenvalue weighted by molar-refractivity contribution is -0.116. The van der Waals surface area contributed by atoms with Crippen LogP contribution in [-0.4, -0.2) is 32.1 Å². The third kappa shape index (κ3) is 4.24. The molecule has 0 saturated carbocycles. The van der Waals surface area contributed by atoms with Crippen molar-refractivity contribution in [1.82, 2.24) is 0 Å². The molecule has 0 bridgehead atoms. The molecular weight excluding hydrogens is 282 g/mol. The SMILES string of the molecule is CSc1ccc(NC(=O)C[C@@H]2CCS(=O)(=O)C2)cc1. The zero-order valence-corrected chi connectivity index (χ0v) is 12.4. The monoisotopic (exact) mass is 299 g/mol. The predicted octanol–water partition coefficient (Wildman–Crippen LogP) is 2.17. The van der Waals surface area contributed by atoms with Crippen LogP contribution in [0.5, 0.6) is 0 Å². The summed E-state index contributed by atoms with van der Waals surface area (Å²) in [6.45, 7) is 0. The lowest BCUT2D eigenvalue weighted by atomic mass is 10.1. The number of thioether (sulfide) groups is 1. The molecule has 1 aliphatic rings. The first-order valence-corrected chi connectivity index (χ1v) is 9.17. The number of carbonyl (C=O) groups excluding carboxylic acids is 1. The van der Waals surface area contributed by atoms with E-state index in [1.165, 1.54) is 0 Å². The summed E-state index contributed by atoms with van der Waals surface area (Å²) in [5.74, 6) is 0.216. The summed E-state index contributed by atoms with van der Waals surface area (Å²) >= 11 is 1.64. The molecule has 19 heavy (non-hydrogen) atoms. The van der Waals surface area contributed by atoms with E-state index < -0.39 is 9.84 Å². The maximum absolute atomic E-state index is 11.8. The minimum atomic E-state index is -2.91. The summed E-state index contributed by atoms with van der Waals surface area (Å²) in [5.41, 5.74) is 0.753. The summed E-state index contributed by atoms with van der Waals surface area (Å²) < 4.78 is 22.6. The highest BCUT2D eigenvalue weighted by Crippen LogP contribution is 2.22. The van der Waals surface area contributed by atoms with Crippen molar-refractivity contribution in [3.8, 4) is 0 Å². The third-order valence-electron chi connectivity index (χ3n) is 3.17. The number of hydrogen-bond acceptors (Lipinski definition) is 4. The number of hydrogen-bond donors (Lipinski definition) is 1. The smallest absolute Gasteiger partial charge is 0.224 e. The van der Waals surface area contributed by atoms with Crippen molar-refractivity contribution in [2.75, 3.05) is 23.1 Å². The first kappa shape index (κ1) is 14.4. The summed E-state index contributed by atoms with van der Waals surface area (Å²) in [4.78, 5) is 13.0. The van der Waals surface area contributed by atoms with Crippen LogP contribution in [-0.2, 0) is 14.6 Å².